The van der Waals surface area contributed by atoms with E-state index in [1.54, 1.807) is 0 Å². The molecule has 0 fully saturated rings. The first kappa shape index (κ1) is 27.3. The molecular formula is C21H20F3N5O7S. The van der Waals surface area contributed by atoms with Crippen LogP contribution >= 0.6 is 0 Å². The predicted molar refractivity (Wildman–Crippen MR) is 122 cm³/mol. The summed E-state index contributed by atoms with van der Waals surface area (Å²) in [6.07, 6.45) is -3.02. The van der Waals surface area contributed by atoms with E-state index in [2.05, 4.69) is 15.6 Å². The molecule has 198 valence electrons. The zero-order valence-corrected chi connectivity index (χ0v) is 20.1. The number of aromatic nitrogens is 3. The van der Waals surface area contributed by atoms with Gasteiger partial charge in [0.2, 0.25) is 5.82 Å². The van der Waals surface area contributed by atoms with Crippen LogP contribution in [0.1, 0.15) is 26.7 Å². The molecule has 2 heterocycles. The zero-order chi connectivity index (χ0) is 27.5. The van der Waals surface area contributed by atoms with Gasteiger partial charge in [0, 0.05) is 26.5 Å². The van der Waals surface area contributed by atoms with Gasteiger partial charge >= 0.3 is 18.2 Å². The summed E-state index contributed by atoms with van der Waals surface area (Å²) in [7, 11) is -1.08. The number of nitrogens with zero attached hydrogens (tertiary/aromatic N) is 3. The Kier molecular flexibility index (Phi) is 7.61. The van der Waals surface area contributed by atoms with Crippen LogP contribution in [-0.2, 0) is 34.8 Å². The van der Waals surface area contributed by atoms with E-state index < -0.39 is 51.9 Å². The van der Waals surface area contributed by atoms with E-state index in [0.717, 1.165) is 12.1 Å². The number of carboxylic acid groups (broad SMARTS) is 1. The Morgan fingerprint density at radius 3 is 2.27 bits per heavy atom. The largest absolute Gasteiger partial charge is 0.477 e. The molecule has 37 heavy (non-hydrogen) atoms. The molecule has 3 rings (SSSR count). The fraction of sp³-hybridized carbons (Fsp3) is 0.238. The number of alkyl halides is 3. The molecule has 3 aromatic rings. The zero-order valence-electron chi connectivity index (χ0n) is 19.2. The minimum atomic E-state index is -4.61. The molecule has 0 unspecified atom stereocenters. The van der Waals surface area contributed by atoms with Gasteiger partial charge in [-0.25, -0.2) is 23.0 Å². The number of hydrogen-bond acceptors (Lipinski definition) is 7. The van der Waals surface area contributed by atoms with Gasteiger partial charge in [-0.3, -0.25) is 10.1 Å². The molecule has 0 bridgehead atoms. The van der Waals surface area contributed by atoms with Crippen LogP contribution in [-0.4, -0.2) is 58.0 Å². The third-order valence-electron chi connectivity index (χ3n) is 4.92. The Morgan fingerprint density at radius 2 is 1.70 bits per heavy atom. The molecule has 12 nitrogen and oxygen atoms in total. The Balaban J connectivity index is 1.55. The van der Waals surface area contributed by atoms with Crippen molar-refractivity contribution in [3.8, 4) is 0 Å². The van der Waals surface area contributed by atoms with Crippen LogP contribution in [0.2, 0.25) is 0 Å². The molecule has 0 spiro atoms. The van der Waals surface area contributed by atoms with Crippen molar-refractivity contribution in [1.29, 1.82) is 0 Å². The topological polar surface area (TPSA) is 162 Å². The van der Waals surface area contributed by atoms with Crippen molar-refractivity contribution < 1.29 is 45.8 Å². The monoisotopic (exact) mass is 543 g/mol. The highest BCUT2D eigenvalue weighted by molar-refractivity contribution is 7.91. The number of amides is 2. The standard InChI is InChI=1S/C21H20F3N5O7S/c1-28-10-13(9-15(28)19(31)32)25-18(30)17-26-16(11-29(17)2)27-20(33)36-7-8-37(34,35)14-5-3-12(4-6-14)21(22,23)24/h3-6,9-11H,7-8H2,1-2H3,(H,25,30)(H,27,33)(H,31,32). The lowest BCUT2D eigenvalue weighted by Crippen LogP contribution is -2.20. The van der Waals surface area contributed by atoms with Crippen LogP contribution in [0.15, 0.2) is 47.6 Å². The molecule has 2 amide bonds. The van der Waals surface area contributed by atoms with Gasteiger partial charge < -0.3 is 24.3 Å². The smallest absolute Gasteiger partial charge is 0.416 e. The summed E-state index contributed by atoms with van der Waals surface area (Å²) in [6.45, 7) is -0.602. The van der Waals surface area contributed by atoms with E-state index in [1.807, 2.05) is 0 Å². The average Bonchev–Trinajstić information content (AvgIpc) is 3.34. The second-order valence-corrected chi connectivity index (χ2v) is 9.76. The molecule has 2 aromatic heterocycles. The Bertz CT molecular complexity index is 1440. The summed E-state index contributed by atoms with van der Waals surface area (Å²) < 4.78 is 69.8. The SMILES string of the molecule is Cn1cc(NC(=O)c2nc(NC(=O)OCCS(=O)(=O)c3ccc(C(F)(F)F)cc3)cn2C)cc1C(=O)O. The number of benzene rings is 1. The summed E-state index contributed by atoms with van der Waals surface area (Å²) in [4.78, 5) is 39.2. The molecule has 0 aliphatic carbocycles. The maximum Gasteiger partial charge on any atom is 0.416 e. The lowest BCUT2D eigenvalue weighted by atomic mass is 10.2. The molecule has 0 aliphatic rings. The van der Waals surface area contributed by atoms with Crippen molar-refractivity contribution in [2.24, 2.45) is 14.1 Å². The van der Waals surface area contributed by atoms with Gasteiger partial charge in [-0.2, -0.15) is 13.2 Å². The number of halogens is 3. The number of ether oxygens (including phenoxy) is 1. The van der Waals surface area contributed by atoms with Crippen LogP contribution in [0.4, 0.5) is 29.5 Å². The first-order chi connectivity index (χ1) is 17.2. The number of rotatable bonds is 8. The summed E-state index contributed by atoms with van der Waals surface area (Å²) >= 11 is 0. The van der Waals surface area contributed by atoms with Gasteiger partial charge in [0.15, 0.2) is 15.7 Å². The van der Waals surface area contributed by atoms with Gasteiger partial charge in [0.25, 0.3) is 5.91 Å². The molecule has 1 aromatic carbocycles. The second-order valence-electron chi connectivity index (χ2n) is 7.65. The van der Waals surface area contributed by atoms with E-state index in [-0.39, 0.29) is 27.9 Å². The first-order valence-corrected chi connectivity index (χ1v) is 11.9. The number of sulfone groups is 1. The third kappa shape index (κ3) is 6.66. The highest BCUT2D eigenvalue weighted by atomic mass is 32.2. The number of carboxylic acids is 1. The molecule has 16 heteroatoms. The fourth-order valence-electron chi connectivity index (χ4n) is 3.12. The van der Waals surface area contributed by atoms with Crippen LogP contribution in [0.3, 0.4) is 0 Å². The minimum Gasteiger partial charge on any atom is -0.477 e. The number of carbonyl (C=O) groups is 3. The summed E-state index contributed by atoms with van der Waals surface area (Å²) in [6, 6.07) is 4.15. The van der Waals surface area contributed by atoms with Crippen molar-refractivity contribution in [3.63, 3.8) is 0 Å². The van der Waals surface area contributed by atoms with E-state index in [0.29, 0.717) is 12.1 Å². The molecule has 0 atom stereocenters. The van der Waals surface area contributed by atoms with Crippen LogP contribution in [0.25, 0.3) is 0 Å². The van der Waals surface area contributed by atoms with E-state index in [4.69, 9.17) is 9.84 Å². The maximum atomic E-state index is 12.6. The van der Waals surface area contributed by atoms with Gasteiger partial charge in [0.1, 0.15) is 12.3 Å². The summed E-state index contributed by atoms with van der Waals surface area (Å²) in [5, 5.41) is 13.8. The lowest BCUT2D eigenvalue weighted by molar-refractivity contribution is -0.137. The number of aromatic carboxylic acids is 1. The number of imidazole rings is 1. The number of nitrogens with one attached hydrogen (secondary N) is 2. The van der Waals surface area contributed by atoms with E-state index in [1.165, 1.54) is 41.7 Å². The first-order valence-electron chi connectivity index (χ1n) is 10.3. The van der Waals surface area contributed by atoms with Crippen molar-refractivity contribution in [2.75, 3.05) is 23.0 Å². The average molecular weight is 543 g/mol. The molecule has 0 radical (unpaired) electrons. The maximum absolute atomic E-state index is 12.6. The number of hydrogen-bond donors (Lipinski definition) is 3. The minimum absolute atomic E-state index is 0.0550. The number of aryl methyl sites for hydroxylation is 2. The molecule has 0 saturated heterocycles. The van der Waals surface area contributed by atoms with Gasteiger partial charge in [-0.1, -0.05) is 0 Å². The van der Waals surface area contributed by atoms with Crippen LogP contribution < -0.4 is 10.6 Å². The molecule has 0 aliphatic heterocycles. The van der Waals surface area contributed by atoms with Crippen LogP contribution in [0, 0.1) is 0 Å². The van der Waals surface area contributed by atoms with Gasteiger partial charge in [0.05, 0.1) is 21.9 Å². The summed E-state index contributed by atoms with van der Waals surface area (Å²) in [5.41, 5.74) is -0.851. The van der Waals surface area contributed by atoms with Crippen molar-refractivity contribution in [2.45, 2.75) is 11.1 Å². The van der Waals surface area contributed by atoms with E-state index >= 15 is 0 Å². The molecule has 0 saturated carbocycles. The lowest BCUT2D eigenvalue weighted by Gasteiger charge is -2.09. The highest BCUT2D eigenvalue weighted by Gasteiger charge is 2.30. The molecular weight excluding hydrogens is 523 g/mol. The normalized spacial score (nSPS) is 11.7. The predicted octanol–water partition coefficient (Wildman–Crippen LogP) is 2.75. The Labute approximate surface area is 207 Å². The Morgan fingerprint density at radius 1 is 1.05 bits per heavy atom. The third-order valence-corrected chi connectivity index (χ3v) is 6.61. The Hall–Kier alpha value is -4.34. The second kappa shape index (κ2) is 10.3. The van der Waals surface area contributed by atoms with Crippen molar-refractivity contribution >= 4 is 39.3 Å². The quantitative estimate of drug-likeness (QED) is 0.391. The van der Waals surface area contributed by atoms with Gasteiger partial charge in [-0.05, 0) is 30.3 Å². The van der Waals surface area contributed by atoms with Gasteiger partial charge in [-0.15, -0.1) is 0 Å². The highest BCUT2D eigenvalue weighted by Crippen LogP contribution is 2.29. The van der Waals surface area contributed by atoms with Crippen molar-refractivity contribution in [3.05, 3.63) is 59.8 Å². The number of carbonyl (C=O) groups excluding carboxylic acids is 2. The van der Waals surface area contributed by atoms with Crippen molar-refractivity contribution in [1.82, 2.24) is 14.1 Å². The fourth-order valence-corrected chi connectivity index (χ4v) is 4.21. The van der Waals surface area contributed by atoms with Crippen LogP contribution in [0.5, 0.6) is 0 Å². The summed E-state index contributed by atoms with van der Waals surface area (Å²) in [5.74, 6) is -2.80. The molecule has 3 N–H and O–H groups in total. The number of anilines is 2. The van der Waals surface area contributed by atoms with E-state index in [9.17, 15) is 36.0 Å².